The minimum Gasteiger partial charge on any atom is -0.444 e. The van der Waals surface area contributed by atoms with Gasteiger partial charge in [-0.1, -0.05) is 48.0 Å². The number of benzene rings is 2. The van der Waals surface area contributed by atoms with Crippen LogP contribution in [0.15, 0.2) is 42.5 Å². The van der Waals surface area contributed by atoms with E-state index in [2.05, 4.69) is 10.6 Å². The van der Waals surface area contributed by atoms with Gasteiger partial charge in [-0.2, -0.15) is 0 Å². The van der Waals surface area contributed by atoms with Crippen molar-refractivity contribution in [3.05, 3.63) is 64.7 Å². The van der Waals surface area contributed by atoms with E-state index >= 15 is 0 Å². The molecule has 2 rings (SSSR count). The molecule has 2 aromatic rings. The molecule has 0 saturated carbocycles. The summed E-state index contributed by atoms with van der Waals surface area (Å²) in [6, 6.07) is 10.9. The monoisotopic (exact) mass is 552 g/mol. The molecule has 40 heavy (non-hydrogen) atoms. The Balaban J connectivity index is 2.64. The molecule has 0 fully saturated rings. The number of amides is 4. The van der Waals surface area contributed by atoms with Crippen molar-refractivity contribution in [2.45, 2.75) is 98.4 Å². The van der Waals surface area contributed by atoms with E-state index in [0.717, 1.165) is 16.7 Å². The number of hydrogen-bond donors (Lipinski definition) is 3. The van der Waals surface area contributed by atoms with Gasteiger partial charge in [0.2, 0.25) is 11.8 Å². The molecule has 0 aliphatic heterocycles. The van der Waals surface area contributed by atoms with E-state index in [1.165, 1.54) is 4.90 Å². The molecule has 0 aromatic heterocycles. The topological polar surface area (TPSA) is 131 Å². The predicted octanol–water partition coefficient (Wildman–Crippen LogP) is 5.08. The highest BCUT2D eigenvalue weighted by Crippen LogP contribution is 2.33. The highest BCUT2D eigenvalue weighted by Gasteiger charge is 2.42. The van der Waals surface area contributed by atoms with Crippen LogP contribution in [-0.4, -0.2) is 45.9 Å². The molecule has 2 atom stereocenters. The normalized spacial score (nSPS) is 13.1. The van der Waals surface area contributed by atoms with Crippen molar-refractivity contribution in [2.75, 3.05) is 5.32 Å². The molecule has 0 spiro atoms. The quantitative estimate of drug-likeness (QED) is 0.399. The zero-order valence-corrected chi connectivity index (χ0v) is 25.2. The van der Waals surface area contributed by atoms with Gasteiger partial charge in [-0.15, -0.1) is 0 Å². The van der Waals surface area contributed by atoms with Crippen LogP contribution < -0.4 is 16.4 Å². The average molecular weight is 553 g/mol. The lowest BCUT2D eigenvalue weighted by Crippen LogP contribution is -2.58. The lowest BCUT2D eigenvalue weighted by atomic mass is 9.93. The summed E-state index contributed by atoms with van der Waals surface area (Å²) in [6.07, 6.45) is -1.01. The van der Waals surface area contributed by atoms with E-state index in [1.807, 2.05) is 77.9 Å². The molecule has 0 heterocycles. The second-order valence-electron chi connectivity index (χ2n) is 12.2. The zero-order chi connectivity index (χ0) is 30.4. The Bertz CT molecular complexity index is 1220. The van der Waals surface area contributed by atoms with Gasteiger partial charge in [0.25, 0.3) is 5.91 Å². The molecule has 4 amide bonds. The van der Waals surface area contributed by atoms with Gasteiger partial charge in [0.15, 0.2) is 0 Å². The smallest absolute Gasteiger partial charge is 0.408 e. The number of para-hydroxylation sites is 1. The van der Waals surface area contributed by atoms with Crippen LogP contribution in [0.5, 0.6) is 0 Å². The maximum Gasteiger partial charge on any atom is 0.408 e. The standard InChI is InChI=1S/C31H44N4O5/c1-19-12-10-15-22(18-19)26(27(37)34-25-20(2)13-11-14-21(25)3)35(30(4,5)6)28(38)23(16-17-24(32)36)33-29(39)40-31(7,8)9/h10-15,18,23,26H,16-17H2,1-9H3,(H2,32,36)(H,33,39)(H,34,37). The summed E-state index contributed by atoms with van der Waals surface area (Å²) in [6.45, 7) is 16.3. The number of rotatable bonds is 9. The first-order valence-electron chi connectivity index (χ1n) is 13.5. The Morgan fingerprint density at radius 2 is 1.50 bits per heavy atom. The highest BCUT2D eigenvalue weighted by molar-refractivity contribution is 6.00. The molecule has 9 heteroatoms. The van der Waals surface area contributed by atoms with Crippen LogP contribution >= 0.6 is 0 Å². The van der Waals surface area contributed by atoms with E-state index in [1.54, 1.807) is 26.8 Å². The van der Waals surface area contributed by atoms with Gasteiger partial charge in [0.05, 0.1) is 0 Å². The van der Waals surface area contributed by atoms with E-state index in [-0.39, 0.29) is 12.8 Å². The summed E-state index contributed by atoms with van der Waals surface area (Å²) in [5.74, 6) is -1.56. The molecule has 0 aliphatic carbocycles. The molecule has 0 aliphatic rings. The van der Waals surface area contributed by atoms with Crippen LogP contribution in [0, 0.1) is 20.8 Å². The third-order valence-electron chi connectivity index (χ3n) is 6.22. The Morgan fingerprint density at radius 3 is 2.00 bits per heavy atom. The fraction of sp³-hybridized carbons (Fsp3) is 0.484. The van der Waals surface area contributed by atoms with Crippen LogP contribution in [0.3, 0.4) is 0 Å². The fourth-order valence-corrected chi connectivity index (χ4v) is 4.47. The Labute approximate surface area is 237 Å². The highest BCUT2D eigenvalue weighted by atomic mass is 16.6. The van der Waals surface area contributed by atoms with Crippen LogP contribution in [0.2, 0.25) is 0 Å². The number of nitrogens with one attached hydrogen (secondary N) is 2. The third kappa shape index (κ3) is 9.10. The van der Waals surface area contributed by atoms with Crippen molar-refractivity contribution in [3.8, 4) is 0 Å². The first-order valence-corrected chi connectivity index (χ1v) is 13.5. The molecule has 9 nitrogen and oxygen atoms in total. The first-order chi connectivity index (χ1) is 18.4. The van der Waals surface area contributed by atoms with E-state index < -0.39 is 47.0 Å². The van der Waals surface area contributed by atoms with Crippen LogP contribution in [0.25, 0.3) is 0 Å². The minimum absolute atomic E-state index is 0.0565. The molecule has 0 saturated heterocycles. The number of carbonyl (C=O) groups excluding carboxylic acids is 4. The number of primary amides is 1. The van der Waals surface area contributed by atoms with Gasteiger partial charge in [-0.25, -0.2) is 4.79 Å². The van der Waals surface area contributed by atoms with E-state index in [9.17, 15) is 19.2 Å². The van der Waals surface area contributed by atoms with Crippen molar-refractivity contribution >= 4 is 29.5 Å². The van der Waals surface area contributed by atoms with Gasteiger partial charge in [-0.3, -0.25) is 14.4 Å². The lowest BCUT2D eigenvalue weighted by molar-refractivity contribution is -0.147. The van der Waals surface area contributed by atoms with Gasteiger partial charge >= 0.3 is 6.09 Å². The number of nitrogens with zero attached hydrogens (tertiary/aromatic N) is 1. The molecule has 218 valence electrons. The van der Waals surface area contributed by atoms with E-state index in [4.69, 9.17) is 10.5 Å². The van der Waals surface area contributed by atoms with E-state index in [0.29, 0.717) is 11.3 Å². The van der Waals surface area contributed by atoms with Crippen molar-refractivity contribution in [2.24, 2.45) is 5.73 Å². The first kappa shape index (κ1) is 32.3. The number of anilines is 1. The summed E-state index contributed by atoms with van der Waals surface area (Å²) in [4.78, 5) is 54.3. The van der Waals surface area contributed by atoms with Crippen LogP contribution in [-0.2, 0) is 19.1 Å². The Morgan fingerprint density at radius 1 is 0.925 bits per heavy atom. The SMILES string of the molecule is Cc1cccc(C(C(=O)Nc2c(C)cccc2C)N(C(=O)C(CCC(N)=O)NC(=O)OC(C)(C)C)C(C)(C)C)c1. The number of aryl methyl sites for hydroxylation is 3. The Hall–Kier alpha value is -3.88. The Kier molecular flexibility index (Phi) is 10.5. The zero-order valence-electron chi connectivity index (χ0n) is 25.2. The van der Waals surface area contributed by atoms with Crippen molar-refractivity contribution < 1.29 is 23.9 Å². The predicted molar refractivity (Wildman–Crippen MR) is 157 cm³/mol. The van der Waals surface area contributed by atoms with Crippen LogP contribution in [0.4, 0.5) is 10.5 Å². The average Bonchev–Trinajstić information content (AvgIpc) is 2.80. The number of hydrogen-bond acceptors (Lipinski definition) is 5. The third-order valence-corrected chi connectivity index (χ3v) is 6.22. The van der Waals surface area contributed by atoms with Crippen LogP contribution in [0.1, 0.15) is 82.7 Å². The van der Waals surface area contributed by atoms with Gasteiger partial charge in [-0.05, 0) is 85.4 Å². The molecule has 0 bridgehead atoms. The molecule has 4 N–H and O–H groups in total. The fourth-order valence-electron chi connectivity index (χ4n) is 4.47. The summed E-state index contributed by atoms with van der Waals surface area (Å²) in [5.41, 5.74) is 7.68. The summed E-state index contributed by atoms with van der Waals surface area (Å²) >= 11 is 0. The number of alkyl carbamates (subject to hydrolysis) is 1. The molecular weight excluding hydrogens is 508 g/mol. The second-order valence-corrected chi connectivity index (χ2v) is 12.2. The largest absolute Gasteiger partial charge is 0.444 e. The number of carbonyl (C=O) groups is 4. The molecule has 2 unspecified atom stereocenters. The van der Waals surface area contributed by atoms with Gasteiger partial charge in [0, 0.05) is 17.6 Å². The lowest BCUT2D eigenvalue weighted by Gasteiger charge is -2.43. The van der Waals surface area contributed by atoms with Crippen molar-refractivity contribution in [1.82, 2.24) is 10.2 Å². The minimum atomic E-state index is -1.16. The maximum absolute atomic E-state index is 14.3. The molecular formula is C31H44N4O5. The summed E-state index contributed by atoms with van der Waals surface area (Å²) in [7, 11) is 0. The number of ether oxygens (including phenoxy) is 1. The van der Waals surface area contributed by atoms with Gasteiger partial charge < -0.3 is 26.0 Å². The second kappa shape index (κ2) is 13.0. The number of nitrogens with two attached hydrogens (primary N) is 1. The van der Waals surface area contributed by atoms with Gasteiger partial charge in [0.1, 0.15) is 17.7 Å². The summed E-state index contributed by atoms with van der Waals surface area (Å²) < 4.78 is 5.39. The molecule has 0 radical (unpaired) electrons. The summed E-state index contributed by atoms with van der Waals surface area (Å²) in [5, 5.41) is 5.66. The maximum atomic E-state index is 14.3. The van der Waals surface area contributed by atoms with Crippen molar-refractivity contribution in [3.63, 3.8) is 0 Å². The van der Waals surface area contributed by atoms with Crippen molar-refractivity contribution in [1.29, 1.82) is 0 Å². The molecule has 2 aromatic carbocycles.